The minimum atomic E-state index is -3.64. The largest absolute Gasteiger partial charge is 0.492 e. The lowest BCUT2D eigenvalue weighted by Gasteiger charge is -2.17. The Morgan fingerprint density at radius 3 is 2.55 bits per heavy atom. The molecule has 1 aromatic rings. The molecule has 0 fully saturated rings. The van der Waals surface area contributed by atoms with E-state index >= 15 is 0 Å². The van der Waals surface area contributed by atoms with Crippen molar-refractivity contribution in [2.75, 3.05) is 6.61 Å². The van der Waals surface area contributed by atoms with E-state index in [-0.39, 0.29) is 10.9 Å². The van der Waals surface area contributed by atoms with Crippen LogP contribution in [0.3, 0.4) is 0 Å². The summed E-state index contributed by atoms with van der Waals surface area (Å²) >= 11 is 6.10. The third kappa shape index (κ3) is 5.45. The molecule has 0 aliphatic carbocycles. The number of aryl methyl sites for hydroxylation is 1. The molecule has 22 heavy (non-hydrogen) atoms. The van der Waals surface area contributed by atoms with Gasteiger partial charge in [0.2, 0.25) is 10.0 Å². The van der Waals surface area contributed by atoms with Crippen LogP contribution in [0.2, 0.25) is 5.02 Å². The first-order chi connectivity index (χ1) is 10.3. The molecule has 0 aliphatic heterocycles. The zero-order valence-electron chi connectivity index (χ0n) is 13.8. The zero-order valence-corrected chi connectivity index (χ0v) is 15.4. The number of sulfonamides is 1. The molecule has 0 spiro atoms. The Labute approximate surface area is 139 Å². The van der Waals surface area contributed by atoms with E-state index in [1.165, 1.54) is 6.07 Å². The van der Waals surface area contributed by atoms with Crippen LogP contribution in [0.1, 0.15) is 52.0 Å². The second-order valence-electron chi connectivity index (χ2n) is 5.53. The zero-order chi connectivity index (χ0) is 16.8. The molecule has 6 heteroatoms. The Bertz CT molecular complexity index is 587. The number of unbranched alkanes of at least 4 members (excludes halogenated alkanes) is 2. The van der Waals surface area contributed by atoms with Crippen LogP contribution in [-0.2, 0) is 10.0 Å². The Balaban J connectivity index is 3.07. The number of hydrogen-bond acceptors (Lipinski definition) is 3. The third-order valence-electron chi connectivity index (χ3n) is 3.49. The van der Waals surface area contributed by atoms with Crippen LogP contribution in [0.4, 0.5) is 0 Å². The third-order valence-corrected chi connectivity index (χ3v) is 5.51. The SMILES string of the molecule is CCCCCOc1cc(C)c(Cl)cc1S(=O)(=O)N[C@@H](C)CC. The van der Waals surface area contributed by atoms with Gasteiger partial charge < -0.3 is 4.74 Å². The van der Waals surface area contributed by atoms with E-state index in [2.05, 4.69) is 11.6 Å². The van der Waals surface area contributed by atoms with Crippen molar-refractivity contribution in [3.8, 4) is 5.75 Å². The summed E-state index contributed by atoms with van der Waals surface area (Å²) in [5, 5.41) is 0.422. The van der Waals surface area contributed by atoms with Gasteiger partial charge in [0.1, 0.15) is 10.6 Å². The summed E-state index contributed by atoms with van der Waals surface area (Å²) < 4.78 is 33.4. The summed E-state index contributed by atoms with van der Waals surface area (Å²) in [6.07, 6.45) is 3.76. The lowest BCUT2D eigenvalue weighted by Crippen LogP contribution is -2.32. The van der Waals surface area contributed by atoms with Crippen LogP contribution in [-0.4, -0.2) is 21.1 Å². The molecule has 1 aromatic carbocycles. The van der Waals surface area contributed by atoms with Crippen molar-refractivity contribution >= 4 is 21.6 Å². The minimum absolute atomic E-state index is 0.111. The summed E-state index contributed by atoms with van der Waals surface area (Å²) in [6, 6.07) is 3.02. The molecule has 0 saturated carbocycles. The van der Waals surface area contributed by atoms with Gasteiger partial charge >= 0.3 is 0 Å². The van der Waals surface area contributed by atoms with E-state index < -0.39 is 10.0 Å². The summed E-state index contributed by atoms with van der Waals surface area (Å²) in [4.78, 5) is 0.111. The van der Waals surface area contributed by atoms with E-state index in [1.54, 1.807) is 6.07 Å². The van der Waals surface area contributed by atoms with Crippen LogP contribution in [0.25, 0.3) is 0 Å². The van der Waals surface area contributed by atoms with Gasteiger partial charge in [-0.15, -0.1) is 0 Å². The van der Waals surface area contributed by atoms with Crippen LogP contribution in [0, 0.1) is 6.92 Å². The number of benzene rings is 1. The number of rotatable bonds is 9. The van der Waals surface area contributed by atoms with E-state index in [0.717, 1.165) is 24.8 Å². The van der Waals surface area contributed by atoms with Crippen LogP contribution in [0.5, 0.6) is 5.75 Å². The monoisotopic (exact) mass is 347 g/mol. The number of hydrogen-bond donors (Lipinski definition) is 1. The molecule has 4 nitrogen and oxygen atoms in total. The molecule has 0 amide bonds. The first-order valence-corrected chi connectivity index (χ1v) is 9.63. The molecule has 0 unspecified atom stereocenters. The maximum absolute atomic E-state index is 12.5. The van der Waals surface area contributed by atoms with Gasteiger partial charge in [-0.3, -0.25) is 0 Å². The van der Waals surface area contributed by atoms with Crippen molar-refractivity contribution < 1.29 is 13.2 Å². The molecular formula is C16H26ClNO3S. The van der Waals surface area contributed by atoms with Crippen molar-refractivity contribution in [3.05, 3.63) is 22.7 Å². The van der Waals surface area contributed by atoms with Gasteiger partial charge in [-0.1, -0.05) is 38.3 Å². The highest BCUT2D eigenvalue weighted by Crippen LogP contribution is 2.30. The highest BCUT2D eigenvalue weighted by atomic mass is 35.5. The minimum Gasteiger partial charge on any atom is -0.492 e. The second-order valence-corrected chi connectivity index (χ2v) is 7.62. The van der Waals surface area contributed by atoms with Gasteiger partial charge in [0.05, 0.1) is 6.61 Å². The predicted molar refractivity (Wildman–Crippen MR) is 91.3 cm³/mol. The maximum Gasteiger partial charge on any atom is 0.244 e. The van der Waals surface area contributed by atoms with Gasteiger partial charge in [-0.25, -0.2) is 13.1 Å². The van der Waals surface area contributed by atoms with Gasteiger partial charge in [0.15, 0.2) is 0 Å². The average molecular weight is 348 g/mol. The summed E-state index contributed by atoms with van der Waals surface area (Å²) in [7, 11) is -3.64. The Morgan fingerprint density at radius 2 is 1.95 bits per heavy atom. The van der Waals surface area contributed by atoms with Crippen molar-refractivity contribution in [2.24, 2.45) is 0 Å². The first-order valence-electron chi connectivity index (χ1n) is 7.77. The van der Waals surface area contributed by atoms with Gasteiger partial charge in [-0.05, 0) is 44.4 Å². The molecule has 1 rings (SSSR count). The standard InChI is InChI=1S/C16H26ClNO3S/c1-5-7-8-9-21-15-10-12(3)14(17)11-16(15)22(19,20)18-13(4)6-2/h10-11,13,18H,5-9H2,1-4H3/t13-/m0/s1. The van der Waals surface area contributed by atoms with Crippen LogP contribution < -0.4 is 9.46 Å². The highest BCUT2D eigenvalue weighted by molar-refractivity contribution is 7.89. The first kappa shape index (κ1) is 19.3. The molecule has 0 saturated heterocycles. The Hall–Kier alpha value is -0.780. The molecule has 0 aliphatic rings. The molecular weight excluding hydrogens is 322 g/mol. The summed E-state index contributed by atoms with van der Waals surface area (Å²) in [5.74, 6) is 0.369. The van der Waals surface area contributed by atoms with Crippen molar-refractivity contribution in [1.29, 1.82) is 0 Å². The van der Waals surface area contributed by atoms with Crippen LogP contribution in [0.15, 0.2) is 17.0 Å². The fourth-order valence-corrected chi connectivity index (χ4v) is 3.61. The van der Waals surface area contributed by atoms with Crippen molar-refractivity contribution in [2.45, 2.75) is 64.3 Å². The smallest absolute Gasteiger partial charge is 0.244 e. The topological polar surface area (TPSA) is 55.4 Å². The highest BCUT2D eigenvalue weighted by Gasteiger charge is 2.23. The fourth-order valence-electron chi connectivity index (χ4n) is 1.91. The average Bonchev–Trinajstić information content (AvgIpc) is 2.46. The Kier molecular flexibility index (Phi) is 7.66. The molecule has 0 bridgehead atoms. The lowest BCUT2D eigenvalue weighted by atomic mass is 10.2. The molecule has 0 aromatic heterocycles. The Morgan fingerprint density at radius 1 is 1.27 bits per heavy atom. The van der Waals surface area contributed by atoms with E-state index in [0.29, 0.717) is 23.8 Å². The lowest BCUT2D eigenvalue weighted by molar-refractivity contribution is 0.298. The van der Waals surface area contributed by atoms with Gasteiger partial charge in [0, 0.05) is 11.1 Å². The summed E-state index contributed by atoms with van der Waals surface area (Å²) in [5.41, 5.74) is 0.801. The quantitative estimate of drug-likeness (QED) is 0.678. The summed E-state index contributed by atoms with van der Waals surface area (Å²) in [6.45, 7) is 8.20. The van der Waals surface area contributed by atoms with E-state index in [9.17, 15) is 8.42 Å². The van der Waals surface area contributed by atoms with Crippen molar-refractivity contribution in [1.82, 2.24) is 4.72 Å². The normalized spacial score (nSPS) is 13.1. The number of nitrogens with one attached hydrogen (secondary N) is 1. The molecule has 0 radical (unpaired) electrons. The fraction of sp³-hybridized carbons (Fsp3) is 0.625. The number of ether oxygens (including phenoxy) is 1. The van der Waals surface area contributed by atoms with E-state index in [4.69, 9.17) is 16.3 Å². The number of halogens is 1. The van der Waals surface area contributed by atoms with E-state index in [1.807, 2.05) is 20.8 Å². The van der Waals surface area contributed by atoms with Crippen molar-refractivity contribution in [3.63, 3.8) is 0 Å². The predicted octanol–water partition coefficient (Wildman–Crippen LogP) is 4.29. The molecule has 0 heterocycles. The molecule has 126 valence electrons. The maximum atomic E-state index is 12.5. The molecule has 1 N–H and O–H groups in total. The van der Waals surface area contributed by atoms with Crippen LogP contribution >= 0.6 is 11.6 Å². The van der Waals surface area contributed by atoms with Gasteiger partial charge in [0.25, 0.3) is 0 Å². The molecule has 1 atom stereocenters. The second kappa shape index (κ2) is 8.75. The van der Waals surface area contributed by atoms with Gasteiger partial charge in [-0.2, -0.15) is 0 Å².